The second kappa shape index (κ2) is 3.42. The van der Waals surface area contributed by atoms with Crippen LogP contribution in [0.4, 0.5) is 0 Å². The minimum atomic E-state index is 0. The van der Waals surface area contributed by atoms with Crippen molar-refractivity contribution < 1.29 is 2.85 Å². The summed E-state index contributed by atoms with van der Waals surface area (Å²) in [7, 11) is 0. The third-order valence-electron chi connectivity index (χ3n) is 1.44. The topological polar surface area (TPSA) is 0 Å². The molecule has 1 aliphatic rings. The molecule has 48 valence electrons. The quantitative estimate of drug-likeness (QED) is 0.446. The number of hydrogen-bond acceptors (Lipinski definition) is 0. The SMILES string of the molecule is CC1(C)C=CC=CC1.[H-].[H-].[Mg+2]. The zero-order valence-electron chi connectivity index (χ0n) is 8.22. The molecule has 1 aliphatic carbocycles. The van der Waals surface area contributed by atoms with E-state index in [-0.39, 0.29) is 25.9 Å². The Balaban J connectivity index is -0.000000213. The Morgan fingerprint density at radius 1 is 1.33 bits per heavy atom. The molecule has 0 amide bonds. The molecule has 0 saturated carbocycles. The van der Waals surface area contributed by atoms with Gasteiger partial charge in [-0.2, -0.15) is 0 Å². The maximum atomic E-state index is 2.24. The molecule has 1 rings (SSSR count). The fraction of sp³-hybridized carbons (Fsp3) is 0.500. The monoisotopic (exact) mass is 134 g/mol. The van der Waals surface area contributed by atoms with E-state index in [0.29, 0.717) is 5.41 Å². The zero-order chi connectivity index (χ0) is 6.04. The van der Waals surface area contributed by atoms with E-state index in [2.05, 4.69) is 38.2 Å². The summed E-state index contributed by atoms with van der Waals surface area (Å²) < 4.78 is 0. The standard InChI is InChI=1S/C8H12.Mg.2H/c1-8(2)6-4-3-5-7-8;;;/h3-6H,7H2,1-2H3;;;/q;+2;2*-1. The summed E-state index contributed by atoms with van der Waals surface area (Å²) in [6.07, 6.45) is 9.85. The van der Waals surface area contributed by atoms with E-state index in [1.54, 1.807) is 0 Å². The third kappa shape index (κ3) is 3.06. The van der Waals surface area contributed by atoms with Crippen molar-refractivity contribution in [2.45, 2.75) is 20.3 Å². The summed E-state index contributed by atoms with van der Waals surface area (Å²) in [5.74, 6) is 0. The van der Waals surface area contributed by atoms with Crippen LogP contribution in [0, 0.1) is 5.41 Å². The molecule has 0 spiro atoms. The van der Waals surface area contributed by atoms with Gasteiger partial charge in [0, 0.05) is 0 Å². The zero-order valence-corrected chi connectivity index (χ0v) is 7.64. The van der Waals surface area contributed by atoms with Gasteiger partial charge in [-0.25, -0.2) is 0 Å². The van der Waals surface area contributed by atoms with E-state index in [9.17, 15) is 0 Å². The van der Waals surface area contributed by atoms with Crippen LogP contribution in [0.15, 0.2) is 24.3 Å². The minimum absolute atomic E-state index is 0. The van der Waals surface area contributed by atoms with Crippen LogP contribution in [0.25, 0.3) is 0 Å². The van der Waals surface area contributed by atoms with Crippen LogP contribution in [-0.2, 0) is 0 Å². The van der Waals surface area contributed by atoms with Crippen molar-refractivity contribution in [2.24, 2.45) is 5.41 Å². The van der Waals surface area contributed by atoms with Crippen LogP contribution in [0.1, 0.15) is 23.1 Å². The first-order chi connectivity index (χ1) is 3.71. The predicted molar refractivity (Wildman–Crippen MR) is 44.7 cm³/mol. The first-order valence-electron chi connectivity index (χ1n) is 3.05. The number of hydrogen-bond donors (Lipinski definition) is 0. The van der Waals surface area contributed by atoms with Crippen molar-refractivity contribution >= 4 is 23.1 Å². The van der Waals surface area contributed by atoms with Crippen LogP contribution in [0.5, 0.6) is 0 Å². The van der Waals surface area contributed by atoms with Gasteiger partial charge in [-0.05, 0) is 11.8 Å². The van der Waals surface area contributed by atoms with Crippen LogP contribution in [0.2, 0.25) is 0 Å². The summed E-state index contributed by atoms with van der Waals surface area (Å²) in [5, 5.41) is 0. The van der Waals surface area contributed by atoms with Crippen molar-refractivity contribution in [2.75, 3.05) is 0 Å². The van der Waals surface area contributed by atoms with Gasteiger partial charge in [-0.1, -0.05) is 38.2 Å². The van der Waals surface area contributed by atoms with E-state index in [1.165, 1.54) is 6.42 Å². The Bertz CT molecular complexity index is 139. The first-order valence-corrected chi connectivity index (χ1v) is 3.05. The molecule has 0 saturated heterocycles. The Hall–Kier alpha value is 0.246. The smallest absolute Gasteiger partial charge is 1.00 e. The van der Waals surface area contributed by atoms with E-state index >= 15 is 0 Å². The number of rotatable bonds is 0. The van der Waals surface area contributed by atoms with E-state index in [1.807, 2.05) is 0 Å². The fourth-order valence-corrected chi connectivity index (χ4v) is 0.834. The van der Waals surface area contributed by atoms with Crippen molar-refractivity contribution in [1.82, 2.24) is 0 Å². The van der Waals surface area contributed by atoms with Crippen molar-refractivity contribution in [3.8, 4) is 0 Å². The predicted octanol–water partition coefficient (Wildman–Crippen LogP) is 2.37. The molecule has 9 heavy (non-hydrogen) atoms. The molecule has 0 N–H and O–H groups in total. The minimum Gasteiger partial charge on any atom is -1.00 e. The molecular weight excluding hydrogens is 120 g/mol. The molecule has 0 aromatic carbocycles. The number of allylic oxidation sites excluding steroid dienone is 4. The molecule has 0 aromatic heterocycles. The van der Waals surface area contributed by atoms with Gasteiger partial charge in [0.15, 0.2) is 0 Å². The molecule has 1 heteroatoms. The fourth-order valence-electron chi connectivity index (χ4n) is 0.834. The largest absolute Gasteiger partial charge is 2.00 e. The van der Waals surface area contributed by atoms with Crippen molar-refractivity contribution in [1.29, 1.82) is 0 Å². The Morgan fingerprint density at radius 2 is 2.00 bits per heavy atom. The first kappa shape index (κ1) is 9.25. The van der Waals surface area contributed by atoms with Gasteiger partial charge in [0.25, 0.3) is 0 Å². The Labute approximate surface area is 76.1 Å². The average Bonchev–Trinajstić information content (AvgIpc) is 1.65. The Kier molecular flexibility index (Phi) is 3.52. The van der Waals surface area contributed by atoms with Crippen LogP contribution >= 0.6 is 0 Å². The van der Waals surface area contributed by atoms with Gasteiger partial charge in [-0.3, -0.25) is 0 Å². The van der Waals surface area contributed by atoms with Crippen molar-refractivity contribution in [3.05, 3.63) is 24.3 Å². The molecule has 0 bridgehead atoms. The molecule has 0 aliphatic heterocycles. The van der Waals surface area contributed by atoms with Gasteiger partial charge >= 0.3 is 23.1 Å². The molecule has 0 aromatic rings. The van der Waals surface area contributed by atoms with Crippen LogP contribution < -0.4 is 0 Å². The van der Waals surface area contributed by atoms with Gasteiger partial charge in [0.1, 0.15) is 0 Å². The van der Waals surface area contributed by atoms with Crippen LogP contribution in [0.3, 0.4) is 0 Å². The maximum Gasteiger partial charge on any atom is 2.00 e. The molecule has 0 fully saturated rings. The molecule has 0 heterocycles. The van der Waals surface area contributed by atoms with Gasteiger partial charge < -0.3 is 2.85 Å². The normalized spacial score (nSPS) is 21.1. The third-order valence-corrected chi connectivity index (χ3v) is 1.44. The molecule has 0 unspecified atom stereocenters. The van der Waals surface area contributed by atoms with Crippen molar-refractivity contribution in [3.63, 3.8) is 0 Å². The summed E-state index contributed by atoms with van der Waals surface area (Å²) in [6.45, 7) is 4.49. The molecular formula is C8H14Mg. The summed E-state index contributed by atoms with van der Waals surface area (Å²) >= 11 is 0. The van der Waals surface area contributed by atoms with Gasteiger partial charge in [0.05, 0.1) is 0 Å². The second-order valence-corrected chi connectivity index (χ2v) is 2.98. The Morgan fingerprint density at radius 3 is 2.22 bits per heavy atom. The summed E-state index contributed by atoms with van der Waals surface area (Å²) in [6, 6.07) is 0. The maximum absolute atomic E-state index is 2.24. The molecule has 0 atom stereocenters. The van der Waals surface area contributed by atoms with E-state index < -0.39 is 0 Å². The van der Waals surface area contributed by atoms with Crippen LogP contribution in [-0.4, -0.2) is 23.1 Å². The van der Waals surface area contributed by atoms with E-state index in [0.717, 1.165) is 0 Å². The average molecular weight is 135 g/mol. The van der Waals surface area contributed by atoms with Gasteiger partial charge in [-0.15, -0.1) is 0 Å². The molecule has 0 radical (unpaired) electrons. The second-order valence-electron chi connectivity index (χ2n) is 2.98. The van der Waals surface area contributed by atoms with E-state index in [4.69, 9.17) is 0 Å². The molecule has 0 nitrogen and oxygen atoms in total. The van der Waals surface area contributed by atoms with Gasteiger partial charge in [0.2, 0.25) is 0 Å². The summed E-state index contributed by atoms with van der Waals surface area (Å²) in [5.41, 5.74) is 0.411. The summed E-state index contributed by atoms with van der Waals surface area (Å²) in [4.78, 5) is 0.